The Labute approximate surface area is 120 Å². The minimum Gasteiger partial charge on any atom is -0.316 e. The minimum absolute atomic E-state index is 0.106. The van der Waals surface area contributed by atoms with Gasteiger partial charge in [-0.1, -0.05) is 18.2 Å². The van der Waals surface area contributed by atoms with Gasteiger partial charge in [0.05, 0.1) is 0 Å². The van der Waals surface area contributed by atoms with E-state index < -0.39 is 0 Å². The van der Waals surface area contributed by atoms with Crippen LogP contribution < -0.4 is 10.9 Å². The van der Waals surface area contributed by atoms with Crippen molar-refractivity contribution < 1.29 is 0 Å². The van der Waals surface area contributed by atoms with Gasteiger partial charge < -0.3 is 9.88 Å². The highest BCUT2D eigenvalue weighted by atomic mass is 16.1. The molecule has 3 rings (SSSR count). The molecule has 1 N–H and O–H groups in total. The van der Waals surface area contributed by atoms with E-state index in [1.807, 2.05) is 12.3 Å². The normalized spacial score (nSPS) is 27.3. The highest BCUT2D eigenvalue weighted by molar-refractivity contribution is 5.10. The maximum Gasteiger partial charge on any atom is 0.250 e. The lowest BCUT2D eigenvalue weighted by atomic mass is 9.93. The van der Waals surface area contributed by atoms with Crippen molar-refractivity contribution in [2.75, 3.05) is 13.1 Å². The molecule has 2 aliphatic carbocycles. The van der Waals surface area contributed by atoms with E-state index in [0.29, 0.717) is 0 Å². The van der Waals surface area contributed by atoms with E-state index in [-0.39, 0.29) is 5.56 Å². The topological polar surface area (TPSA) is 34.0 Å². The lowest BCUT2D eigenvalue weighted by Gasteiger charge is -2.18. The van der Waals surface area contributed by atoms with Crippen LogP contribution in [0.1, 0.15) is 25.7 Å². The summed E-state index contributed by atoms with van der Waals surface area (Å²) in [7, 11) is 0. The second-order valence-electron chi connectivity index (χ2n) is 6.18. The van der Waals surface area contributed by atoms with E-state index in [1.165, 1.54) is 12.8 Å². The molecule has 20 heavy (non-hydrogen) atoms. The number of rotatable bonds is 7. The Balaban J connectivity index is 1.29. The van der Waals surface area contributed by atoms with Crippen molar-refractivity contribution in [2.24, 2.45) is 17.8 Å². The van der Waals surface area contributed by atoms with Gasteiger partial charge in [0.25, 0.3) is 0 Å². The summed E-state index contributed by atoms with van der Waals surface area (Å²) in [6.45, 7) is 3.06. The third kappa shape index (κ3) is 3.21. The standard InChI is InChI=1S/C17H24N2O/c20-17-5-1-3-9-19(17)10-4-2-8-18-13-16-12-14-6-7-15(16)11-14/h1,3,5-7,9,14-16,18H,2,4,8,10-13H2/t14-,15-,16+/m0/s1. The number of aromatic nitrogens is 1. The van der Waals surface area contributed by atoms with Crippen molar-refractivity contribution in [3.63, 3.8) is 0 Å². The first-order valence-electron chi connectivity index (χ1n) is 7.87. The van der Waals surface area contributed by atoms with Crippen molar-refractivity contribution in [1.82, 2.24) is 9.88 Å². The zero-order chi connectivity index (χ0) is 13.8. The number of pyridine rings is 1. The van der Waals surface area contributed by atoms with Crippen molar-refractivity contribution in [2.45, 2.75) is 32.2 Å². The molecule has 0 spiro atoms. The Hall–Kier alpha value is -1.35. The van der Waals surface area contributed by atoms with Gasteiger partial charge in [-0.25, -0.2) is 0 Å². The molecule has 1 aromatic rings. The molecule has 0 saturated heterocycles. The maximum atomic E-state index is 11.5. The summed E-state index contributed by atoms with van der Waals surface area (Å²) in [5.74, 6) is 2.58. The van der Waals surface area contributed by atoms with Crippen LogP contribution in [0.4, 0.5) is 0 Å². The Morgan fingerprint density at radius 1 is 1.20 bits per heavy atom. The third-order valence-corrected chi connectivity index (χ3v) is 4.72. The molecule has 3 atom stereocenters. The first kappa shape index (κ1) is 13.6. The van der Waals surface area contributed by atoms with Crippen LogP contribution in [0.25, 0.3) is 0 Å². The fourth-order valence-electron chi connectivity index (χ4n) is 3.59. The SMILES string of the molecule is O=c1ccccn1CCCCNC[C@H]1C[C@H]2C=C[C@H]1C2. The zero-order valence-electron chi connectivity index (χ0n) is 12.0. The predicted octanol–water partition coefficient (Wildman–Crippen LogP) is 2.43. The molecule has 0 radical (unpaired) electrons. The molecule has 0 aromatic carbocycles. The van der Waals surface area contributed by atoms with Gasteiger partial charge >= 0.3 is 0 Å². The van der Waals surface area contributed by atoms with Gasteiger partial charge in [-0.15, -0.1) is 0 Å². The van der Waals surface area contributed by atoms with E-state index in [0.717, 1.165) is 50.2 Å². The van der Waals surface area contributed by atoms with E-state index in [2.05, 4.69) is 17.5 Å². The highest BCUT2D eigenvalue weighted by Crippen LogP contribution is 2.42. The monoisotopic (exact) mass is 272 g/mol. The molecule has 1 fully saturated rings. The molecule has 0 amide bonds. The van der Waals surface area contributed by atoms with Gasteiger partial charge in [0.1, 0.15) is 0 Å². The Kier molecular flexibility index (Phi) is 4.36. The largest absolute Gasteiger partial charge is 0.316 e. The number of nitrogens with zero attached hydrogens (tertiary/aromatic N) is 1. The summed E-state index contributed by atoms with van der Waals surface area (Å²) in [4.78, 5) is 11.5. The van der Waals surface area contributed by atoms with Crippen LogP contribution in [-0.4, -0.2) is 17.7 Å². The van der Waals surface area contributed by atoms with Crippen molar-refractivity contribution in [1.29, 1.82) is 0 Å². The van der Waals surface area contributed by atoms with Gasteiger partial charge in [0.2, 0.25) is 5.56 Å². The Bertz CT molecular complexity index is 520. The number of hydrogen-bond acceptors (Lipinski definition) is 2. The third-order valence-electron chi connectivity index (χ3n) is 4.72. The van der Waals surface area contributed by atoms with Crippen LogP contribution >= 0.6 is 0 Å². The van der Waals surface area contributed by atoms with Gasteiger partial charge in [-0.2, -0.15) is 0 Å². The summed E-state index contributed by atoms with van der Waals surface area (Å²) in [6, 6.07) is 5.34. The first-order chi connectivity index (χ1) is 9.83. The molecule has 0 unspecified atom stereocenters. The average molecular weight is 272 g/mol. The van der Waals surface area contributed by atoms with Crippen molar-refractivity contribution in [3.05, 3.63) is 46.9 Å². The van der Waals surface area contributed by atoms with Gasteiger partial charge in [0.15, 0.2) is 0 Å². The molecule has 2 aliphatic rings. The molecule has 1 saturated carbocycles. The maximum absolute atomic E-state index is 11.5. The average Bonchev–Trinajstić information content (AvgIpc) is 3.07. The molecule has 3 nitrogen and oxygen atoms in total. The van der Waals surface area contributed by atoms with Gasteiger partial charge in [0, 0.05) is 18.8 Å². The van der Waals surface area contributed by atoms with E-state index in [1.54, 1.807) is 16.7 Å². The fraction of sp³-hybridized carbons (Fsp3) is 0.588. The number of fused-ring (bicyclic) bond motifs is 2. The van der Waals surface area contributed by atoms with E-state index >= 15 is 0 Å². The number of hydrogen-bond donors (Lipinski definition) is 1. The molecule has 0 aliphatic heterocycles. The van der Waals surface area contributed by atoms with Crippen LogP contribution in [0.2, 0.25) is 0 Å². The van der Waals surface area contributed by atoms with E-state index in [9.17, 15) is 4.79 Å². The molecular weight excluding hydrogens is 248 g/mol. The smallest absolute Gasteiger partial charge is 0.250 e. The Morgan fingerprint density at radius 3 is 2.90 bits per heavy atom. The molecule has 1 aromatic heterocycles. The summed E-state index contributed by atoms with van der Waals surface area (Å²) in [5.41, 5.74) is 0.106. The molecule has 2 bridgehead atoms. The minimum atomic E-state index is 0.106. The molecule has 108 valence electrons. The number of unbranched alkanes of at least 4 members (excludes halogenated alkanes) is 1. The highest BCUT2D eigenvalue weighted by Gasteiger charge is 2.34. The van der Waals surface area contributed by atoms with Crippen molar-refractivity contribution >= 4 is 0 Å². The van der Waals surface area contributed by atoms with Crippen LogP contribution in [0.3, 0.4) is 0 Å². The second kappa shape index (κ2) is 6.40. The van der Waals surface area contributed by atoms with Gasteiger partial charge in [-0.05, 0) is 62.6 Å². The van der Waals surface area contributed by atoms with Gasteiger partial charge in [-0.3, -0.25) is 4.79 Å². The van der Waals surface area contributed by atoms with Crippen LogP contribution in [0.5, 0.6) is 0 Å². The quantitative estimate of drug-likeness (QED) is 0.611. The van der Waals surface area contributed by atoms with Crippen molar-refractivity contribution in [3.8, 4) is 0 Å². The fourth-order valence-corrected chi connectivity index (χ4v) is 3.59. The van der Waals surface area contributed by atoms with Crippen LogP contribution in [-0.2, 0) is 6.54 Å². The van der Waals surface area contributed by atoms with E-state index in [4.69, 9.17) is 0 Å². The summed E-state index contributed by atoms with van der Waals surface area (Å²) in [6.07, 6.45) is 11.7. The second-order valence-corrected chi connectivity index (χ2v) is 6.18. The summed E-state index contributed by atoms with van der Waals surface area (Å²) >= 11 is 0. The predicted molar refractivity (Wildman–Crippen MR) is 81.6 cm³/mol. The Morgan fingerprint density at radius 2 is 2.15 bits per heavy atom. The first-order valence-corrected chi connectivity index (χ1v) is 7.87. The summed E-state index contributed by atoms with van der Waals surface area (Å²) in [5, 5.41) is 3.59. The number of aryl methyl sites for hydroxylation is 1. The number of allylic oxidation sites excluding steroid dienone is 2. The summed E-state index contributed by atoms with van der Waals surface area (Å²) < 4.78 is 1.79. The zero-order valence-corrected chi connectivity index (χ0v) is 12.0. The van der Waals surface area contributed by atoms with Crippen LogP contribution in [0, 0.1) is 17.8 Å². The molecule has 1 heterocycles. The lowest BCUT2D eigenvalue weighted by Crippen LogP contribution is -2.26. The number of nitrogens with one attached hydrogen (secondary N) is 1. The van der Waals surface area contributed by atoms with Crippen LogP contribution in [0.15, 0.2) is 41.3 Å². The molecule has 3 heteroatoms. The molecular formula is C17H24N2O. The lowest BCUT2D eigenvalue weighted by molar-refractivity contribution is 0.410.